The number of nitrogens with two attached hydrogens (primary N) is 1. The Morgan fingerprint density at radius 3 is 2.35 bits per heavy atom. The van der Waals surface area contributed by atoms with Gasteiger partial charge in [-0.1, -0.05) is 0 Å². The van der Waals surface area contributed by atoms with Gasteiger partial charge >= 0.3 is 6.03 Å². The van der Waals surface area contributed by atoms with Crippen molar-refractivity contribution in [2.45, 2.75) is 32.1 Å². The quantitative estimate of drug-likeness (QED) is 0.551. The maximum atomic E-state index is 11.5. The zero-order chi connectivity index (χ0) is 14.6. The van der Waals surface area contributed by atoms with E-state index in [4.69, 9.17) is 5.73 Å². The highest BCUT2D eigenvalue weighted by atomic mass is 16.2. The number of hydrogen-bond donors (Lipinski definition) is 3. The predicted molar refractivity (Wildman–Crippen MR) is 72.7 cm³/mol. The van der Waals surface area contributed by atoms with Crippen molar-refractivity contribution in [3.05, 3.63) is 0 Å². The molecule has 1 saturated carbocycles. The maximum Gasteiger partial charge on any atom is 0.317 e. The SMILES string of the molecule is NC(=O)C1(CCCNC(=O)CNC(=O)N2CCC2)CC1. The molecule has 4 amide bonds. The van der Waals surface area contributed by atoms with Crippen LogP contribution in [0.5, 0.6) is 0 Å². The second-order valence-electron chi connectivity index (χ2n) is 5.60. The monoisotopic (exact) mass is 282 g/mol. The van der Waals surface area contributed by atoms with E-state index in [1.54, 1.807) is 4.90 Å². The average molecular weight is 282 g/mol. The van der Waals surface area contributed by atoms with Gasteiger partial charge in [0.25, 0.3) is 0 Å². The van der Waals surface area contributed by atoms with Gasteiger partial charge in [-0.05, 0) is 32.1 Å². The van der Waals surface area contributed by atoms with E-state index in [2.05, 4.69) is 10.6 Å². The van der Waals surface area contributed by atoms with Crippen LogP contribution in [0, 0.1) is 5.41 Å². The van der Waals surface area contributed by atoms with Crippen molar-refractivity contribution in [1.82, 2.24) is 15.5 Å². The number of carbonyl (C=O) groups is 3. The van der Waals surface area contributed by atoms with Crippen LogP contribution in [0.1, 0.15) is 32.1 Å². The molecule has 4 N–H and O–H groups in total. The summed E-state index contributed by atoms with van der Waals surface area (Å²) < 4.78 is 0. The molecule has 2 rings (SSSR count). The molecule has 0 aromatic heterocycles. The molecule has 0 atom stereocenters. The van der Waals surface area contributed by atoms with Gasteiger partial charge in [0.05, 0.1) is 6.54 Å². The maximum absolute atomic E-state index is 11.5. The fraction of sp³-hybridized carbons (Fsp3) is 0.769. The normalized spacial score (nSPS) is 18.9. The average Bonchev–Trinajstić information content (AvgIpc) is 3.11. The van der Waals surface area contributed by atoms with Crippen LogP contribution in [0.25, 0.3) is 0 Å². The Kier molecular flexibility index (Phi) is 4.46. The fourth-order valence-electron chi connectivity index (χ4n) is 2.27. The Morgan fingerprint density at radius 2 is 1.85 bits per heavy atom. The van der Waals surface area contributed by atoms with Gasteiger partial charge in [0, 0.05) is 25.0 Å². The molecule has 0 aromatic rings. The van der Waals surface area contributed by atoms with Crippen molar-refractivity contribution < 1.29 is 14.4 Å². The molecular formula is C13H22N4O3. The van der Waals surface area contributed by atoms with Crippen LogP contribution in [-0.2, 0) is 9.59 Å². The lowest BCUT2D eigenvalue weighted by molar-refractivity contribution is -0.123. The van der Waals surface area contributed by atoms with Crippen LogP contribution in [0.4, 0.5) is 4.79 Å². The van der Waals surface area contributed by atoms with Crippen molar-refractivity contribution in [1.29, 1.82) is 0 Å². The zero-order valence-electron chi connectivity index (χ0n) is 11.6. The molecule has 0 bridgehead atoms. The van der Waals surface area contributed by atoms with Crippen LogP contribution >= 0.6 is 0 Å². The lowest BCUT2D eigenvalue weighted by Gasteiger charge is -2.30. The van der Waals surface area contributed by atoms with Crippen molar-refractivity contribution in [2.75, 3.05) is 26.2 Å². The first-order valence-electron chi connectivity index (χ1n) is 7.13. The Morgan fingerprint density at radius 1 is 1.15 bits per heavy atom. The molecule has 7 nitrogen and oxygen atoms in total. The summed E-state index contributed by atoms with van der Waals surface area (Å²) in [7, 11) is 0. The first kappa shape index (κ1) is 14.6. The number of nitrogens with one attached hydrogen (secondary N) is 2. The second-order valence-corrected chi connectivity index (χ2v) is 5.60. The number of primary amides is 1. The molecule has 20 heavy (non-hydrogen) atoms. The molecule has 0 unspecified atom stereocenters. The number of carbonyl (C=O) groups excluding carboxylic acids is 3. The highest BCUT2D eigenvalue weighted by Gasteiger charge is 2.47. The minimum atomic E-state index is -0.309. The number of hydrogen-bond acceptors (Lipinski definition) is 3. The highest BCUT2D eigenvalue weighted by molar-refractivity contribution is 5.84. The van der Waals surface area contributed by atoms with Crippen molar-refractivity contribution in [2.24, 2.45) is 11.1 Å². The van der Waals surface area contributed by atoms with E-state index < -0.39 is 0 Å². The lowest BCUT2D eigenvalue weighted by atomic mass is 10.00. The van der Waals surface area contributed by atoms with Crippen LogP contribution in [0.3, 0.4) is 0 Å². The molecule has 1 heterocycles. The van der Waals surface area contributed by atoms with Crippen LogP contribution in [0.2, 0.25) is 0 Å². The summed E-state index contributed by atoms with van der Waals surface area (Å²) in [5.41, 5.74) is 5.02. The smallest absolute Gasteiger partial charge is 0.317 e. The third kappa shape index (κ3) is 3.61. The number of nitrogens with zero attached hydrogens (tertiary/aromatic N) is 1. The van der Waals surface area contributed by atoms with Crippen molar-refractivity contribution >= 4 is 17.8 Å². The third-order valence-corrected chi connectivity index (χ3v) is 4.07. The van der Waals surface area contributed by atoms with Gasteiger partial charge in [-0.3, -0.25) is 9.59 Å². The molecule has 1 saturated heterocycles. The molecule has 112 valence electrons. The fourth-order valence-corrected chi connectivity index (χ4v) is 2.27. The number of likely N-dealkylation sites (tertiary alicyclic amines) is 1. The molecule has 0 radical (unpaired) electrons. The van der Waals surface area contributed by atoms with Crippen LogP contribution in [0.15, 0.2) is 0 Å². The van der Waals surface area contributed by atoms with E-state index in [1.807, 2.05) is 0 Å². The topological polar surface area (TPSA) is 105 Å². The number of urea groups is 1. The summed E-state index contributed by atoms with van der Waals surface area (Å²) in [5, 5.41) is 5.30. The minimum absolute atomic E-state index is 0.00367. The number of rotatable bonds is 7. The van der Waals surface area contributed by atoms with E-state index in [-0.39, 0.29) is 29.8 Å². The highest BCUT2D eigenvalue weighted by Crippen LogP contribution is 2.49. The van der Waals surface area contributed by atoms with E-state index >= 15 is 0 Å². The lowest BCUT2D eigenvalue weighted by Crippen LogP contribution is -2.50. The summed E-state index contributed by atoms with van der Waals surface area (Å²) in [4.78, 5) is 35.8. The Hall–Kier alpha value is -1.79. The van der Waals surface area contributed by atoms with Gasteiger partial charge in [0.1, 0.15) is 0 Å². The van der Waals surface area contributed by atoms with Crippen molar-refractivity contribution in [3.8, 4) is 0 Å². The van der Waals surface area contributed by atoms with E-state index in [0.29, 0.717) is 6.54 Å². The van der Waals surface area contributed by atoms with Gasteiger partial charge in [-0.2, -0.15) is 0 Å². The van der Waals surface area contributed by atoms with Crippen LogP contribution < -0.4 is 16.4 Å². The van der Waals surface area contributed by atoms with E-state index in [0.717, 1.165) is 45.2 Å². The van der Waals surface area contributed by atoms with Crippen LogP contribution in [-0.4, -0.2) is 48.9 Å². The molecule has 1 aliphatic carbocycles. The summed E-state index contributed by atoms with van der Waals surface area (Å²) in [6, 6.07) is -0.183. The summed E-state index contributed by atoms with van der Waals surface area (Å²) in [6.07, 6.45) is 4.21. The van der Waals surface area contributed by atoms with Gasteiger partial charge in [-0.25, -0.2) is 4.79 Å². The van der Waals surface area contributed by atoms with Gasteiger partial charge in [-0.15, -0.1) is 0 Å². The largest absolute Gasteiger partial charge is 0.369 e. The molecule has 7 heteroatoms. The van der Waals surface area contributed by atoms with E-state index in [1.165, 1.54) is 0 Å². The summed E-state index contributed by atoms with van der Waals surface area (Å²) >= 11 is 0. The number of amides is 4. The van der Waals surface area contributed by atoms with E-state index in [9.17, 15) is 14.4 Å². The Balaban J connectivity index is 1.52. The summed E-state index contributed by atoms with van der Waals surface area (Å²) in [6.45, 7) is 2.04. The molecule has 1 aliphatic heterocycles. The minimum Gasteiger partial charge on any atom is -0.369 e. The van der Waals surface area contributed by atoms with Gasteiger partial charge in [0.15, 0.2) is 0 Å². The third-order valence-electron chi connectivity index (χ3n) is 4.07. The Bertz CT molecular complexity index is 402. The molecule has 2 aliphatic rings. The predicted octanol–water partition coefficient (Wildman–Crippen LogP) is -0.436. The van der Waals surface area contributed by atoms with Gasteiger partial charge in [0.2, 0.25) is 11.8 Å². The first-order chi connectivity index (χ1) is 9.53. The zero-order valence-corrected chi connectivity index (χ0v) is 11.6. The summed E-state index contributed by atoms with van der Waals surface area (Å²) in [5.74, 6) is -0.437. The van der Waals surface area contributed by atoms with Gasteiger partial charge < -0.3 is 21.3 Å². The second kappa shape index (κ2) is 6.11. The standard InChI is InChI=1S/C13H22N4O3/c14-11(19)13(4-5-13)3-1-6-15-10(18)9-16-12(20)17-7-2-8-17/h1-9H2,(H2,14,19)(H,15,18)(H,16,20). The molecular weight excluding hydrogens is 260 g/mol. The molecule has 0 aromatic carbocycles. The Labute approximate surface area is 118 Å². The molecule has 2 fully saturated rings. The molecule has 0 spiro atoms. The van der Waals surface area contributed by atoms with Crippen molar-refractivity contribution in [3.63, 3.8) is 0 Å². The first-order valence-corrected chi connectivity index (χ1v) is 7.13.